The highest BCUT2D eigenvalue weighted by atomic mass is 19.1. The smallest absolute Gasteiger partial charge is 0.414 e. The molecule has 0 radical (unpaired) electrons. The van der Waals surface area contributed by atoms with Crippen LogP contribution in [0.4, 0.5) is 14.9 Å². The van der Waals surface area contributed by atoms with Crippen LogP contribution in [-0.2, 0) is 16.1 Å². The number of cyclic esters (lactones) is 1. The van der Waals surface area contributed by atoms with Gasteiger partial charge in [0.15, 0.2) is 0 Å². The lowest BCUT2D eigenvalue weighted by molar-refractivity contribution is -0.119. The Morgan fingerprint density at radius 1 is 1.23 bits per heavy atom. The number of ether oxygens (including phenoxy) is 1. The number of carbonyl (C=O) groups is 2. The Balaban J connectivity index is 1.39. The lowest BCUT2D eigenvalue weighted by atomic mass is 10.0. The van der Waals surface area contributed by atoms with E-state index < -0.39 is 18.0 Å². The summed E-state index contributed by atoms with van der Waals surface area (Å²) in [5.41, 5.74) is 3.97. The molecule has 4 rings (SSSR count). The zero-order valence-corrected chi connectivity index (χ0v) is 19.8. The van der Waals surface area contributed by atoms with Crippen LogP contribution in [0.5, 0.6) is 0 Å². The van der Waals surface area contributed by atoms with Crippen molar-refractivity contribution in [2.24, 2.45) is 0 Å². The number of pyridine rings is 1. The Hall–Kier alpha value is -3.78. The molecule has 35 heavy (non-hydrogen) atoms. The van der Waals surface area contributed by atoms with Gasteiger partial charge in [0.2, 0.25) is 5.91 Å². The first-order valence-electron chi connectivity index (χ1n) is 11.6. The van der Waals surface area contributed by atoms with E-state index in [4.69, 9.17) is 4.74 Å². The molecule has 7 nitrogen and oxygen atoms in total. The molecule has 2 unspecified atom stereocenters. The van der Waals surface area contributed by atoms with Gasteiger partial charge in [0.1, 0.15) is 11.9 Å². The number of carbonyl (C=O) groups excluding carboxylic acids is 2. The van der Waals surface area contributed by atoms with Crippen LogP contribution in [0.2, 0.25) is 0 Å². The maximum atomic E-state index is 15.1. The van der Waals surface area contributed by atoms with E-state index in [-0.39, 0.29) is 25.0 Å². The standard InChI is InChI=1S/C27H29FN4O3/c1-18(30-15-20-10-12-29-13-11-20)21-4-3-5-22(7-6-21)25-9-8-23(14-26(25)28)32-17-24(35-27(32)34)16-31-19(2)33/h4-14,18,24,30H,3,15-17H2,1-2H3,(H,31,33). The molecule has 0 saturated carbocycles. The third-order valence-electron chi connectivity index (χ3n) is 6.04. The average Bonchev–Trinajstić information content (AvgIpc) is 3.06. The van der Waals surface area contributed by atoms with Gasteiger partial charge in [0, 0.05) is 37.5 Å². The topological polar surface area (TPSA) is 83.6 Å². The number of anilines is 1. The molecule has 1 fully saturated rings. The van der Waals surface area contributed by atoms with Gasteiger partial charge in [-0.3, -0.25) is 14.7 Å². The average molecular weight is 477 g/mol. The molecule has 2 amide bonds. The number of hydrogen-bond acceptors (Lipinski definition) is 5. The summed E-state index contributed by atoms with van der Waals surface area (Å²) in [6.45, 7) is 4.71. The van der Waals surface area contributed by atoms with Gasteiger partial charge in [-0.1, -0.05) is 24.3 Å². The van der Waals surface area contributed by atoms with Gasteiger partial charge in [-0.15, -0.1) is 0 Å². The summed E-state index contributed by atoms with van der Waals surface area (Å²) in [4.78, 5) is 28.8. The molecule has 0 bridgehead atoms. The molecule has 2 aromatic rings. The van der Waals surface area contributed by atoms with Crippen molar-refractivity contribution in [1.29, 1.82) is 0 Å². The molecular weight excluding hydrogens is 447 g/mol. The molecule has 1 aromatic carbocycles. The number of allylic oxidation sites excluding steroid dienone is 4. The molecule has 1 aliphatic heterocycles. The summed E-state index contributed by atoms with van der Waals surface area (Å²) in [5.74, 6) is -0.611. The predicted octanol–water partition coefficient (Wildman–Crippen LogP) is 4.13. The number of nitrogens with one attached hydrogen (secondary N) is 2. The maximum absolute atomic E-state index is 15.1. The number of halogens is 1. The van der Waals surface area contributed by atoms with Crippen LogP contribution in [0.1, 0.15) is 31.4 Å². The molecule has 0 spiro atoms. The zero-order valence-electron chi connectivity index (χ0n) is 19.8. The first-order valence-corrected chi connectivity index (χ1v) is 11.6. The van der Waals surface area contributed by atoms with Crippen molar-refractivity contribution < 1.29 is 18.7 Å². The third-order valence-corrected chi connectivity index (χ3v) is 6.04. The second-order valence-electron chi connectivity index (χ2n) is 8.61. The molecule has 1 aromatic heterocycles. The van der Waals surface area contributed by atoms with Crippen LogP contribution in [0.15, 0.2) is 72.6 Å². The Labute approximate surface area is 204 Å². The van der Waals surface area contributed by atoms with Crippen molar-refractivity contribution >= 4 is 23.3 Å². The zero-order chi connectivity index (χ0) is 24.8. The van der Waals surface area contributed by atoms with Gasteiger partial charge in [-0.05, 0) is 60.4 Å². The lowest BCUT2D eigenvalue weighted by Crippen LogP contribution is -2.33. The van der Waals surface area contributed by atoms with E-state index in [1.54, 1.807) is 24.5 Å². The van der Waals surface area contributed by atoms with E-state index >= 15 is 4.39 Å². The fraction of sp³-hybridized carbons (Fsp3) is 0.296. The minimum absolute atomic E-state index is 0.131. The van der Waals surface area contributed by atoms with Crippen LogP contribution in [0, 0.1) is 5.82 Å². The number of nitrogens with zero attached hydrogens (tertiary/aromatic N) is 2. The Morgan fingerprint density at radius 3 is 2.77 bits per heavy atom. The highest BCUT2D eigenvalue weighted by molar-refractivity contribution is 5.90. The molecule has 2 aliphatic rings. The lowest BCUT2D eigenvalue weighted by Gasteiger charge is -2.15. The van der Waals surface area contributed by atoms with Crippen molar-refractivity contribution in [2.75, 3.05) is 18.0 Å². The summed E-state index contributed by atoms with van der Waals surface area (Å²) in [5, 5.41) is 6.14. The van der Waals surface area contributed by atoms with Crippen molar-refractivity contribution in [3.63, 3.8) is 0 Å². The van der Waals surface area contributed by atoms with Crippen LogP contribution >= 0.6 is 0 Å². The third kappa shape index (κ3) is 6.22. The van der Waals surface area contributed by atoms with E-state index in [2.05, 4.69) is 28.6 Å². The van der Waals surface area contributed by atoms with Gasteiger partial charge in [-0.25, -0.2) is 9.18 Å². The predicted molar refractivity (Wildman–Crippen MR) is 133 cm³/mol. The summed E-state index contributed by atoms with van der Waals surface area (Å²) >= 11 is 0. The van der Waals surface area contributed by atoms with E-state index in [1.807, 2.05) is 30.4 Å². The number of hydrogen-bond donors (Lipinski definition) is 2. The highest BCUT2D eigenvalue weighted by Gasteiger charge is 2.32. The maximum Gasteiger partial charge on any atom is 0.414 e. The number of benzene rings is 1. The second kappa shape index (κ2) is 11.1. The van der Waals surface area contributed by atoms with E-state index in [0.29, 0.717) is 17.7 Å². The number of aromatic nitrogens is 1. The quantitative estimate of drug-likeness (QED) is 0.599. The summed E-state index contributed by atoms with van der Waals surface area (Å²) < 4.78 is 20.4. The first-order chi connectivity index (χ1) is 16.9. The molecule has 8 heteroatoms. The van der Waals surface area contributed by atoms with Crippen LogP contribution < -0.4 is 15.5 Å². The van der Waals surface area contributed by atoms with Gasteiger partial charge in [-0.2, -0.15) is 0 Å². The largest absolute Gasteiger partial charge is 0.442 e. The van der Waals surface area contributed by atoms with Gasteiger partial charge < -0.3 is 15.4 Å². The van der Waals surface area contributed by atoms with Crippen molar-refractivity contribution in [1.82, 2.24) is 15.6 Å². The number of amides is 2. The molecule has 1 aliphatic carbocycles. The Kier molecular flexibility index (Phi) is 7.72. The minimum atomic E-state index is -0.553. The fourth-order valence-corrected chi connectivity index (χ4v) is 4.06. The fourth-order valence-electron chi connectivity index (χ4n) is 4.06. The van der Waals surface area contributed by atoms with E-state index in [0.717, 1.165) is 23.3 Å². The Morgan fingerprint density at radius 2 is 2.03 bits per heavy atom. The molecule has 2 N–H and O–H groups in total. The van der Waals surface area contributed by atoms with Crippen LogP contribution in [0.3, 0.4) is 0 Å². The molecule has 182 valence electrons. The minimum Gasteiger partial charge on any atom is -0.442 e. The van der Waals surface area contributed by atoms with Crippen molar-refractivity contribution in [2.45, 2.75) is 39.0 Å². The van der Waals surface area contributed by atoms with Crippen LogP contribution in [-0.4, -0.2) is 42.2 Å². The molecule has 1 saturated heterocycles. The van der Waals surface area contributed by atoms with Crippen molar-refractivity contribution in [3.05, 3.63) is 89.5 Å². The van der Waals surface area contributed by atoms with Gasteiger partial charge in [0.05, 0.1) is 18.8 Å². The molecule has 2 atom stereocenters. The van der Waals surface area contributed by atoms with Crippen LogP contribution in [0.25, 0.3) is 5.57 Å². The SMILES string of the molecule is CC(=O)NCC1CN(c2ccc(C3=CCC=C(C(C)NCc4ccncc4)C=C3)c(F)c2)C(=O)O1. The number of rotatable bonds is 8. The summed E-state index contributed by atoms with van der Waals surface area (Å²) in [6.07, 6.45) is 11.3. The normalized spacial score (nSPS) is 18.4. The molecular formula is C27H29FN4O3. The van der Waals surface area contributed by atoms with Gasteiger partial charge in [0.25, 0.3) is 0 Å². The Bertz CT molecular complexity index is 1180. The summed E-state index contributed by atoms with van der Waals surface area (Å²) in [7, 11) is 0. The molecule has 2 heterocycles. The first kappa shape index (κ1) is 24.3. The van der Waals surface area contributed by atoms with Crippen molar-refractivity contribution in [3.8, 4) is 0 Å². The highest BCUT2D eigenvalue weighted by Crippen LogP contribution is 2.29. The van der Waals surface area contributed by atoms with E-state index in [9.17, 15) is 9.59 Å². The van der Waals surface area contributed by atoms with Gasteiger partial charge >= 0.3 is 6.09 Å². The van der Waals surface area contributed by atoms with E-state index in [1.165, 1.54) is 17.9 Å². The second-order valence-corrected chi connectivity index (χ2v) is 8.61. The monoisotopic (exact) mass is 476 g/mol. The summed E-state index contributed by atoms with van der Waals surface area (Å²) in [6, 6.07) is 8.84.